The number of carbonyl (C=O) groups is 1. The van der Waals surface area contributed by atoms with Crippen LogP contribution in [0.1, 0.15) is 17.5 Å². The third-order valence-corrected chi connectivity index (χ3v) is 5.26. The van der Waals surface area contributed by atoms with Crippen molar-refractivity contribution in [3.05, 3.63) is 90.0 Å². The molecular formula is C22H21O3PS. The Morgan fingerprint density at radius 1 is 0.815 bits per heavy atom. The van der Waals surface area contributed by atoms with E-state index in [2.05, 4.69) is 53.1 Å². The van der Waals surface area contributed by atoms with Gasteiger partial charge in [-0.05, 0) is 53.9 Å². The lowest BCUT2D eigenvalue weighted by Gasteiger charge is -2.08. The van der Waals surface area contributed by atoms with Gasteiger partial charge < -0.3 is 9.26 Å². The zero-order chi connectivity index (χ0) is 18.9. The summed E-state index contributed by atoms with van der Waals surface area (Å²) in [7, 11) is 1.99. The number of hydrogen-bond acceptors (Lipinski definition) is 4. The van der Waals surface area contributed by atoms with Crippen molar-refractivity contribution in [2.24, 2.45) is 0 Å². The molecule has 0 spiro atoms. The van der Waals surface area contributed by atoms with Crippen molar-refractivity contribution in [2.45, 2.75) is 29.2 Å². The average molecular weight is 396 g/mol. The molecule has 3 aromatic carbocycles. The van der Waals surface area contributed by atoms with E-state index in [9.17, 15) is 4.79 Å². The molecule has 5 heteroatoms. The summed E-state index contributed by atoms with van der Waals surface area (Å²) in [6, 6.07) is 26.5. The van der Waals surface area contributed by atoms with Crippen molar-refractivity contribution in [1.82, 2.24) is 0 Å². The predicted octanol–water partition coefficient (Wildman–Crippen LogP) is 5.68. The molecule has 0 bridgehead atoms. The van der Waals surface area contributed by atoms with Crippen molar-refractivity contribution < 1.29 is 14.1 Å². The van der Waals surface area contributed by atoms with Crippen molar-refractivity contribution in [1.29, 1.82) is 0 Å². The van der Waals surface area contributed by atoms with Crippen LogP contribution in [-0.2, 0) is 22.3 Å². The molecule has 0 amide bonds. The summed E-state index contributed by atoms with van der Waals surface area (Å²) < 4.78 is 10.4. The maximum Gasteiger partial charge on any atom is 0.308 e. The molecule has 1 atom stereocenters. The van der Waals surface area contributed by atoms with E-state index in [4.69, 9.17) is 4.74 Å². The van der Waals surface area contributed by atoms with Gasteiger partial charge in [-0.3, -0.25) is 4.79 Å². The third kappa shape index (κ3) is 6.42. The smallest absolute Gasteiger partial charge is 0.308 e. The lowest BCUT2D eigenvalue weighted by atomic mass is 10.1. The van der Waals surface area contributed by atoms with Crippen molar-refractivity contribution in [3.63, 3.8) is 0 Å². The summed E-state index contributed by atoms with van der Waals surface area (Å²) in [5.41, 5.74) is 2.28. The Morgan fingerprint density at radius 3 is 2.07 bits per heavy atom. The molecule has 0 heterocycles. The minimum atomic E-state index is -0.215. The fraction of sp³-hybridized carbons (Fsp3) is 0.136. The minimum Gasteiger partial charge on any atom is -0.489 e. The quantitative estimate of drug-likeness (QED) is 0.459. The Labute approximate surface area is 166 Å². The number of rotatable bonds is 8. The SMILES string of the molecule is O=C(CCc1ccc(Sc2ccc(OCc3ccccc3)cc2)cc1)OP. The molecule has 3 nitrogen and oxygen atoms in total. The van der Waals surface area contributed by atoms with Crippen LogP contribution in [0, 0.1) is 0 Å². The number of carbonyl (C=O) groups excluding carboxylic acids is 1. The maximum atomic E-state index is 11.2. The summed E-state index contributed by atoms with van der Waals surface area (Å²) in [5.74, 6) is 0.646. The van der Waals surface area contributed by atoms with Gasteiger partial charge in [-0.2, -0.15) is 0 Å². The second kappa shape index (κ2) is 10.1. The fourth-order valence-electron chi connectivity index (χ4n) is 2.51. The van der Waals surface area contributed by atoms with Gasteiger partial charge in [0, 0.05) is 16.2 Å². The molecule has 138 valence electrons. The van der Waals surface area contributed by atoms with Crippen molar-refractivity contribution in [3.8, 4) is 5.75 Å². The van der Waals surface area contributed by atoms with Crippen LogP contribution in [0.5, 0.6) is 5.75 Å². The molecule has 0 saturated carbocycles. The summed E-state index contributed by atoms with van der Waals surface area (Å²) >= 11 is 1.70. The van der Waals surface area contributed by atoms with E-state index < -0.39 is 0 Å². The third-order valence-electron chi connectivity index (χ3n) is 3.98. The highest BCUT2D eigenvalue weighted by molar-refractivity contribution is 7.99. The van der Waals surface area contributed by atoms with Gasteiger partial charge in [-0.1, -0.05) is 54.2 Å². The summed E-state index contributed by atoms with van der Waals surface area (Å²) in [6.45, 7) is 0.569. The summed E-state index contributed by atoms with van der Waals surface area (Å²) in [6.07, 6.45) is 1.08. The number of ether oxygens (including phenoxy) is 1. The van der Waals surface area contributed by atoms with Gasteiger partial charge in [0.1, 0.15) is 12.4 Å². The Morgan fingerprint density at radius 2 is 1.44 bits per heavy atom. The molecule has 0 N–H and O–H groups in total. The van der Waals surface area contributed by atoms with Gasteiger partial charge in [0.15, 0.2) is 0 Å². The van der Waals surface area contributed by atoms with Crippen LogP contribution >= 0.6 is 21.2 Å². The lowest BCUT2D eigenvalue weighted by molar-refractivity contribution is -0.133. The molecule has 3 rings (SSSR count). The molecule has 0 fully saturated rings. The van der Waals surface area contributed by atoms with Crippen LogP contribution in [0.4, 0.5) is 0 Å². The predicted molar refractivity (Wildman–Crippen MR) is 112 cm³/mol. The largest absolute Gasteiger partial charge is 0.489 e. The van der Waals surface area contributed by atoms with Gasteiger partial charge in [-0.25, -0.2) is 0 Å². The van der Waals surface area contributed by atoms with E-state index in [1.165, 1.54) is 0 Å². The average Bonchev–Trinajstić information content (AvgIpc) is 2.73. The first-order chi connectivity index (χ1) is 13.2. The van der Waals surface area contributed by atoms with Crippen LogP contribution in [0.3, 0.4) is 0 Å². The second-order valence-electron chi connectivity index (χ2n) is 5.98. The number of aryl methyl sites for hydroxylation is 1. The zero-order valence-corrected chi connectivity index (χ0v) is 16.8. The van der Waals surface area contributed by atoms with E-state index in [-0.39, 0.29) is 5.97 Å². The van der Waals surface area contributed by atoms with Crippen LogP contribution in [0.25, 0.3) is 0 Å². The van der Waals surface area contributed by atoms with Gasteiger partial charge in [-0.15, -0.1) is 0 Å². The van der Waals surface area contributed by atoms with E-state index >= 15 is 0 Å². The Kier molecular flexibility index (Phi) is 7.32. The van der Waals surface area contributed by atoms with Crippen LogP contribution in [0.2, 0.25) is 0 Å². The zero-order valence-electron chi connectivity index (χ0n) is 14.8. The van der Waals surface area contributed by atoms with Gasteiger partial charge in [0.05, 0.1) is 9.47 Å². The number of benzene rings is 3. The van der Waals surface area contributed by atoms with E-state index in [1.807, 2.05) is 39.8 Å². The molecular weight excluding hydrogens is 375 g/mol. The molecule has 1 unspecified atom stereocenters. The van der Waals surface area contributed by atoms with Gasteiger partial charge in [0.25, 0.3) is 0 Å². The van der Waals surface area contributed by atoms with E-state index in [0.29, 0.717) is 19.4 Å². The molecule has 0 aliphatic carbocycles. The Bertz CT molecular complexity index is 849. The van der Waals surface area contributed by atoms with Gasteiger partial charge in [0.2, 0.25) is 0 Å². The first-order valence-corrected chi connectivity index (χ1v) is 9.95. The highest BCUT2D eigenvalue weighted by Gasteiger charge is 2.03. The van der Waals surface area contributed by atoms with Crippen molar-refractivity contribution in [2.75, 3.05) is 0 Å². The molecule has 0 saturated heterocycles. The Balaban J connectivity index is 1.51. The highest BCUT2D eigenvalue weighted by atomic mass is 32.2. The molecule has 27 heavy (non-hydrogen) atoms. The molecule has 0 aliphatic rings. The van der Waals surface area contributed by atoms with Crippen molar-refractivity contribution >= 4 is 27.2 Å². The first-order valence-electron chi connectivity index (χ1n) is 8.66. The fourth-order valence-corrected chi connectivity index (χ4v) is 3.44. The first kappa shape index (κ1) is 19.5. The van der Waals surface area contributed by atoms with E-state index in [1.54, 1.807) is 11.8 Å². The topological polar surface area (TPSA) is 35.5 Å². The van der Waals surface area contributed by atoms with Gasteiger partial charge >= 0.3 is 5.97 Å². The lowest BCUT2D eigenvalue weighted by Crippen LogP contribution is -1.98. The van der Waals surface area contributed by atoms with Crippen LogP contribution in [-0.4, -0.2) is 5.97 Å². The molecule has 0 radical (unpaired) electrons. The summed E-state index contributed by atoms with van der Waals surface area (Å²) in [4.78, 5) is 13.5. The Hall–Kier alpha value is -2.29. The molecule has 0 aliphatic heterocycles. The minimum absolute atomic E-state index is 0.215. The molecule has 0 aromatic heterocycles. The normalized spacial score (nSPS) is 10.4. The molecule has 3 aromatic rings. The van der Waals surface area contributed by atoms with Crippen LogP contribution < -0.4 is 4.74 Å². The van der Waals surface area contributed by atoms with E-state index in [0.717, 1.165) is 26.7 Å². The maximum absolute atomic E-state index is 11.2. The highest BCUT2D eigenvalue weighted by Crippen LogP contribution is 2.29. The standard InChI is InChI=1S/C22H21O3PS/c23-22(25-26)15-8-17-6-11-20(12-7-17)27-21-13-9-19(10-14-21)24-16-18-4-2-1-3-5-18/h1-7,9-14H,8,15-16,26H2. The monoisotopic (exact) mass is 396 g/mol. The second-order valence-corrected chi connectivity index (χ2v) is 7.36. The summed E-state index contributed by atoms with van der Waals surface area (Å²) in [5, 5.41) is 0. The van der Waals surface area contributed by atoms with Crippen LogP contribution in [0.15, 0.2) is 88.7 Å². The number of hydrogen-bond donors (Lipinski definition) is 0.